The molecule has 1 atom stereocenters. The van der Waals surface area contributed by atoms with Gasteiger partial charge >= 0.3 is 0 Å². The highest BCUT2D eigenvalue weighted by atomic mass is 35.5. The molecule has 2 heterocycles. The number of fused-ring (bicyclic) bond motifs is 1. The largest absolute Gasteiger partial charge is 0.292 e. The summed E-state index contributed by atoms with van der Waals surface area (Å²) < 4.78 is 0. The monoisotopic (exact) mass is 273 g/mol. The van der Waals surface area contributed by atoms with Crippen molar-refractivity contribution in [3.05, 3.63) is 58.6 Å². The van der Waals surface area contributed by atoms with E-state index in [4.69, 9.17) is 11.6 Å². The van der Waals surface area contributed by atoms with Crippen molar-refractivity contribution in [3.8, 4) is 0 Å². The number of halogens is 1. The molecule has 2 aromatic rings. The summed E-state index contributed by atoms with van der Waals surface area (Å²) in [5.74, 6) is 0. The van der Waals surface area contributed by atoms with Crippen LogP contribution in [0.1, 0.15) is 23.7 Å². The molecular formula is C15H16ClN3. The van der Waals surface area contributed by atoms with Crippen molar-refractivity contribution >= 4 is 11.6 Å². The van der Waals surface area contributed by atoms with E-state index < -0.39 is 0 Å². The number of benzene rings is 1. The quantitative estimate of drug-likeness (QED) is 0.788. The Kier molecular flexibility index (Phi) is 3.49. The van der Waals surface area contributed by atoms with Gasteiger partial charge in [0.2, 0.25) is 0 Å². The second kappa shape index (κ2) is 5.27. The standard InChI is InChI=1S/C15H16ClN3/c1-11-7-14-13(15(16)18-10-17-14)9-19(11)8-12-5-3-2-4-6-12/h2-6,10-11H,7-9H2,1H3. The zero-order valence-electron chi connectivity index (χ0n) is 10.9. The molecule has 3 rings (SSSR count). The van der Waals surface area contributed by atoms with Gasteiger partial charge in [0.25, 0.3) is 0 Å². The van der Waals surface area contributed by atoms with Crippen molar-refractivity contribution in [2.24, 2.45) is 0 Å². The van der Waals surface area contributed by atoms with Crippen LogP contribution in [0.3, 0.4) is 0 Å². The van der Waals surface area contributed by atoms with Gasteiger partial charge in [0.1, 0.15) is 11.5 Å². The molecule has 0 radical (unpaired) electrons. The second-order valence-electron chi connectivity index (χ2n) is 5.03. The fraction of sp³-hybridized carbons (Fsp3) is 0.333. The molecule has 3 nitrogen and oxygen atoms in total. The summed E-state index contributed by atoms with van der Waals surface area (Å²) in [5.41, 5.74) is 3.50. The summed E-state index contributed by atoms with van der Waals surface area (Å²) in [6.07, 6.45) is 2.49. The highest BCUT2D eigenvalue weighted by Crippen LogP contribution is 2.27. The molecule has 0 spiro atoms. The second-order valence-corrected chi connectivity index (χ2v) is 5.39. The van der Waals surface area contributed by atoms with Gasteiger partial charge in [-0.15, -0.1) is 0 Å². The Hall–Kier alpha value is -1.45. The van der Waals surface area contributed by atoms with E-state index in [1.165, 1.54) is 5.56 Å². The summed E-state index contributed by atoms with van der Waals surface area (Å²) in [6, 6.07) is 11.0. The predicted molar refractivity (Wildman–Crippen MR) is 75.9 cm³/mol. The van der Waals surface area contributed by atoms with Gasteiger partial charge in [0.15, 0.2) is 0 Å². The minimum Gasteiger partial charge on any atom is -0.292 e. The third-order valence-electron chi connectivity index (χ3n) is 3.68. The van der Waals surface area contributed by atoms with E-state index in [1.807, 2.05) is 6.07 Å². The predicted octanol–water partition coefficient (Wildman–Crippen LogP) is 3.08. The van der Waals surface area contributed by atoms with Gasteiger partial charge in [-0.25, -0.2) is 9.97 Å². The van der Waals surface area contributed by atoms with E-state index in [9.17, 15) is 0 Å². The van der Waals surface area contributed by atoms with Crippen LogP contribution in [0.15, 0.2) is 36.7 Å². The first-order chi connectivity index (χ1) is 9.24. The lowest BCUT2D eigenvalue weighted by Gasteiger charge is -2.34. The third-order valence-corrected chi connectivity index (χ3v) is 4.01. The molecule has 1 aliphatic heterocycles. The average Bonchev–Trinajstić information content (AvgIpc) is 2.42. The maximum atomic E-state index is 6.18. The van der Waals surface area contributed by atoms with Crippen LogP contribution in [-0.4, -0.2) is 20.9 Å². The maximum Gasteiger partial charge on any atom is 0.137 e. The van der Waals surface area contributed by atoms with E-state index in [2.05, 4.69) is 46.1 Å². The van der Waals surface area contributed by atoms with Crippen LogP contribution >= 0.6 is 11.6 Å². The Bertz CT molecular complexity index is 571. The van der Waals surface area contributed by atoms with Crippen molar-refractivity contribution in [2.45, 2.75) is 32.5 Å². The smallest absolute Gasteiger partial charge is 0.137 e. The summed E-state index contributed by atoms with van der Waals surface area (Å²) in [6.45, 7) is 4.00. The van der Waals surface area contributed by atoms with Crippen LogP contribution < -0.4 is 0 Å². The van der Waals surface area contributed by atoms with Gasteiger partial charge in [0, 0.05) is 31.1 Å². The Morgan fingerprint density at radius 3 is 2.84 bits per heavy atom. The van der Waals surface area contributed by atoms with Crippen molar-refractivity contribution in [2.75, 3.05) is 0 Å². The topological polar surface area (TPSA) is 29.0 Å². The Morgan fingerprint density at radius 1 is 1.26 bits per heavy atom. The molecule has 1 aliphatic rings. The molecular weight excluding hydrogens is 258 g/mol. The van der Waals surface area contributed by atoms with Gasteiger partial charge in [-0.05, 0) is 12.5 Å². The van der Waals surface area contributed by atoms with Gasteiger partial charge in [-0.1, -0.05) is 41.9 Å². The SMILES string of the molecule is CC1Cc2ncnc(Cl)c2CN1Cc1ccccc1. The van der Waals surface area contributed by atoms with Gasteiger partial charge in [-0.2, -0.15) is 0 Å². The van der Waals surface area contributed by atoms with Crippen LogP contribution in [0.5, 0.6) is 0 Å². The molecule has 0 fully saturated rings. The minimum absolute atomic E-state index is 0.471. The van der Waals surface area contributed by atoms with E-state index in [0.717, 1.165) is 30.8 Å². The number of rotatable bonds is 2. The molecule has 4 heteroatoms. The van der Waals surface area contributed by atoms with Crippen LogP contribution in [0.25, 0.3) is 0 Å². The molecule has 0 saturated heterocycles. The van der Waals surface area contributed by atoms with E-state index in [1.54, 1.807) is 6.33 Å². The number of nitrogens with zero attached hydrogens (tertiary/aromatic N) is 3. The lowest BCUT2D eigenvalue weighted by molar-refractivity contribution is 0.173. The third kappa shape index (κ3) is 2.62. The lowest BCUT2D eigenvalue weighted by atomic mass is 10.00. The van der Waals surface area contributed by atoms with E-state index in [0.29, 0.717) is 11.2 Å². The summed E-state index contributed by atoms with van der Waals surface area (Å²) in [5, 5.41) is 0.593. The molecule has 0 bridgehead atoms. The molecule has 1 unspecified atom stereocenters. The summed E-state index contributed by atoms with van der Waals surface area (Å²) in [4.78, 5) is 10.9. The number of aromatic nitrogens is 2. The lowest BCUT2D eigenvalue weighted by Crippen LogP contribution is -2.38. The molecule has 19 heavy (non-hydrogen) atoms. The number of hydrogen-bond acceptors (Lipinski definition) is 3. The minimum atomic E-state index is 0.471. The van der Waals surface area contributed by atoms with Gasteiger partial charge < -0.3 is 0 Å². The Morgan fingerprint density at radius 2 is 2.05 bits per heavy atom. The number of hydrogen-bond donors (Lipinski definition) is 0. The van der Waals surface area contributed by atoms with Crippen LogP contribution in [0.4, 0.5) is 0 Å². The Balaban J connectivity index is 1.83. The van der Waals surface area contributed by atoms with Gasteiger partial charge in [0.05, 0.1) is 5.69 Å². The molecule has 1 aromatic carbocycles. The van der Waals surface area contributed by atoms with Crippen molar-refractivity contribution < 1.29 is 0 Å². The zero-order chi connectivity index (χ0) is 13.2. The van der Waals surface area contributed by atoms with Crippen molar-refractivity contribution in [1.82, 2.24) is 14.9 Å². The van der Waals surface area contributed by atoms with Crippen LogP contribution in [-0.2, 0) is 19.5 Å². The molecule has 0 aliphatic carbocycles. The Labute approximate surface area is 118 Å². The van der Waals surface area contributed by atoms with E-state index in [-0.39, 0.29) is 0 Å². The maximum absolute atomic E-state index is 6.18. The van der Waals surface area contributed by atoms with Crippen molar-refractivity contribution in [3.63, 3.8) is 0 Å². The first-order valence-electron chi connectivity index (χ1n) is 6.50. The van der Waals surface area contributed by atoms with Crippen LogP contribution in [0.2, 0.25) is 5.15 Å². The molecule has 98 valence electrons. The first kappa shape index (κ1) is 12.6. The fourth-order valence-corrected chi connectivity index (χ4v) is 2.77. The zero-order valence-corrected chi connectivity index (χ0v) is 11.6. The van der Waals surface area contributed by atoms with Gasteiger partial charge in [-0.3, -0.25) is 4.90 Å². The van der Waals surface area contributed by atoms with Crippen LogP contribution in [0, 0.1) is 0 Å². The molecule has 0 N–H and O–H groups in total. The first-order valence-corrected chi connectivity index (χ1v) is 6.88. The molecule has 0 amide bonds. The fourth-order valence-electron chi connectivity index (χ4n) is 2.55. The highest BCUT2D eigenvalue weighted by Gasteiger charge is 2.25. The summed E-state index contributed by atoms with van der Waals surface area (Å²) in [7, 11) is 0. The molecule has 0 saturated carbocycles. The highest BCUT2D eigenvalue weighted by molar-refractivity contribution is 6.30. The average molecular weight is 274 g/mol. The van der Waals surface area contributed by atoms with Crippen molar-refractivity contribution in [1.29, 1.82) is 0 Å². The normalized spacial score (nSPS) is 19.2. The molecule has 1 aromatic heterocycles. The summed E-state index contributed by atoms with van der Waals surface area (Å²) >= 11 is 6.18. The van der Waals surface area contributed by atoms with E-state index >= 15 is 0 Å².